The molecule has 1 aromatic carbocycles. The Hall–Kier alpha value is -1.42. The number of methoxy groups -OCH3 is 1. The fourth-order valence-corrected chi connectivity index (χ4v) is 1.97. The van der Waals surface area contributed by atoms with Gasteiger partial charge < -0.3 is 14.8 Å². The van der Waals surface area contributed by atoms with Gasteiger partial charge in [0.25, 0.3) is 0 Å². The maximum Gasteiger partial charge on any atom is 0.237 e. The molecular weight excluding hydrogens is 254 g/mol. The van der Waals surface area contributed by atoms with Gasteiger partial charge in [0, 0.05) is 12.0 Å². The lowest BCUT2D eigenvalue weighted by molar-refractivity contribution is -0.120. The molecule has 0 spiro atoms. The van der Waals surface area contributed by atoms with E-state index >= 15 is 0 Å². The molecular formula is C13H16ClNO3. The first-order chi connectivity index (χ1) is 8.60. The fourth-order valence-electron chi connectivity index (χ4n) is 1.89. The zero-order valence-corrected chi connectivity index (χ0v) is 11.2. The van der Waals surface area contributed by atoms with E-state index in [-0.39, 0.29) is 12.0 Å². The molecule has 1 aliphatic rings. The molecule has 1 N–H and O–H groups in total. The topological polar surface area (TPSA) is 47.6 Å². The zero-order valence-electron chi connectivity index (χ0n) is 10.4. The Morgan fingerprint density at radius 1 is 1.67 bits per heavy atom. The monoisotopic (exact) mass is 269 g/mol. The van der Waals surface area contributed by atoms with Gasteiger partial charge in [0.15, 0.2) is 0 Å². The van der Waals surface area contributed by atoms with Crippen LogP contribution in [0.1, 0.15) is 12.5 Å². The van der Waals surface area contributed by atoms with E-state index in [0.29, 0.717) is 6.54 Å². The molecule has 0 aromatic heterocycles. The second-order valence-corrected chi connectivity index (χ2v) is 4.93. The maximum absolute atomic E-state index is 11.4. The average molecular weight is 270 g/mol. The van der Waals surface area contributed by atoms with Crippen molar-refractivity contribution in [2.75, 3.05) is 13.7 Å². The van der Waals surface area contributed by atoms with Crippen LogP contribution in [0.4, 0.5) is 0 Å². The summed E-state index contributed by atoms with van der Waals surface area (Å²) >= 11 is 5.67. The molecule has 2 rings (SSSR count). The Kier molecular flexibility index (Phi) is 3.97. The van der Waals surface area contributed by atoms with Crippen LogP contribution >= 0.6 is 11.6 Å². The van der Waals surface area contributed by atoms with Crippen molar-refractivity contribution in [1.29, 1.82) is 0 Å². The molecule has 0 saturated heterocycles. The maximum atomic E-state index is 11.4. The van der Waals surface area contributed by atoms with E-state index in [1.165, 1.54) is 0 Å². The van der Waals surface area contributed by atoms with Crippen LogP contribution in [0, 0.1) is 0 Å². The van der Waals surface area contributed by atoms with Gasteiger partial charge in [0.05, 0.1) is 13.7 Å². The molecule has 0 saturated carbocycles. The molecule has 1 amide bonds. The predicted octanol–water partition coefficient (Wildman–Crippen LogP) is 1.74. The summed E-state index contributed by atoms with van der Waals surface area (Å²) in [5.41, 5.74) is 1.10. The molecule has 0 radical (unpaired) electrons. The number of amides is 1. The molecule has 1 heterocycles. The summed E-state index contributed by atoms with van der Waals surface area (Å²) in [6, 6.07) is 5.71. The van der Waals surface area contributed by atoms with E-state index in [1.54, 1.807) is 14.0 Å². The number of fused-ring (bicyclic) bond motifs is 1. The number of alkyl halides is 1. The lowest BCUT2D eigenvalue weighted by atomic mass is 10.1. The molecule has 18 heavy (non-hydrogen) atoms. The third-order valence-corrected chi connectivity index (χ3v) is 3.07. The van der Waals surface area contributed by atoms with Crippen LogP contribution in [0.2, 0.25) is 0 Å². The summed E-state index contributed by atoms with van der Waals surface area (Å²) < 4.78 is 10.9. The Bertz CT molecular complexity index is 448. The van der Waals surface area contributed by atoms with E-state index in [2.05, 4.69) is 5.32 Å². The molecule has 1 aliphatic heterocycles. The third kappa shape index (κ3) is 2.88. The Morgan fingerprint density at radius 3 is 3.11 bits per heavy atom. The van der Waals surface area contributed by atoms with Crippen LogP contribution in [-0.4, -0.2) is 31.0 Å². The standard InChI is InChI=1S/C13H16ClNO3/c1-8(14)13(16)15-7-11-6-9-5-10(17-2)3-4-12(9)18-11/h3-5,8,11H,6-7H2,1-2H3,(H,15,16). The predicted molar refractivity (Wildman–Crippen MR) is 69.4 cm³/mol. The minimum Gasteiger partial charge on any atom is -0.497 e. The van der Waals surface area contributed by atoms with Crippen LogP contribution < -0.4 is 14.8 Å². The van der Waals surface area contributed by atoms with Gasteiger partial charge in [-0.05, 0) is 25.1 Å². The van der Waals surface area contributed by atoms with Gasteiger partial charge in [-0.3, -0.25) is 4.79 Å². The summed E-state index contributed by atoms with van der Waals surface area (Å²) in [4.78, 5) is 11.4. The number of carbonyl (C=O) groups excluding carboxylic acids is 1. The Morgan fingerprint density at radius 2 is 2.44 bits per heavy atom. The molecule has 2 unspecified atom stereocenters. The van der Waals surface area contributed by atoms with Crippen molar-refractivity contribution in [2.24, 2.45) is 0 Å². The average Bonchev–Trinajstić information content (AvgIpc) is 2.77. The number of rotatable bonds is 4. The Balaban J connectivity index is 1.92. The fraction of sp³-hybridized carbons (Fsp3) is 0.462. The highest BCUT2D eigenvalue weighted by molar-refractivity contribution is 6.30. The molecule has 0 aliphatic carbocycles. The number of nitrogens with one attached hydrogen (secondary N) is 1. The van der Waals surface area contributed by atoms with E-state index < -0.39 is 5.38 Å². The van der Waals surface area contributed by atoms with Crippen molar-refractivity contribution < 1.29 is 14.3 Å². The van der Waals surface area contributed by atoms with E-state index in [0.717, 1.165) is 23.5 Å². The molecule has 0 bridgehead atoms. The highest BCUT2D eigenvalue weighted by atomic mass is 35.5. The van der Waals surface area contributed by atoms with Crippen molar-refractivity contribution in [1.82, 2.24) is 5.32 Å². The second kappa shape index (κ2) is 5.48. The minimum absolute atomic E-state index is 0.0357. The normalized spacial score (nSPS) is 18.7. The number of hydrogen-bond donors (Lipinski definition) is 1. The quantitative estimate of drug-likeness (QED) is 0.847. The highest BCUT2D eigenvalue weighted by Crippen LogP contribution is 2.31. The first-order valence-corrected chi connectivity index (χ1v) is 6.29. The van der Waals surface area contributed by atoms with Crippen LogP contribution in [0.5, 0.6) is 11.5 Å². The first-order valence-electron chi connectivity index (χ1n) is 5.85. The van der Waals surface area contributed by atoms with Crippen LogP contribution in [-0.2, 0) is 11.2 Å². The van der Waals surface area contributed by atoms with Crippen molar-refractivity contribution in [3.05, 3.63) is 23.8 Å². The summed E-state index contributed by atoms with van der Waals surface area (Å²) in [5.74, 6) is 1.50. The summed E-state index contributed by atoms with van der Waals surface area (Å²) in [6.07, 6.45) is 0.732. The van der Waals surface area contributed by atoms with Crippen molar-refractivity contribution in [2.45, 2.75) is 24.8 Å². The molecule has 98 valence electrons. The van der Waals surface area contributed by atoms with Gasteiger partial charge in [-0.1, -0.05) is 0 Å². The number of ether oxygens (including phenoxy) is 2. The molecule has 2 atom stereocenters. The lowest BCUT2D eigenvalue weighted by Gasteiger charge is -2.12. The number of hydrogen-bond acceptors (Lipinski definition) is 3. The van der Waals surface area contributed by atoms with Gasteiger partial charge in [0.2, 0.25) is 5.91 Å². The smallest absolute Gasteiger partial charge is 0.237 e. The summed E-state index contributed by atoms with van der Waals surface area (Å²) in [7, 11) is 1.64. The van der Waals surface area contributed by atoms with Crippen LogP contribution in [0.15, 0.2) is 18.2 Å². The third-order valence-electron chi connectivity index (χ3n) is 2.87. The molecule has 4 nitrogen and oxygen atoms in total. The van der Waals surface area contributed by atoms with Gasteiger partial charge in [-0.25, -0.2) is 0 Å². The largest absolute Gasteiger partial charge is 0.497 e. The van der Waals surface area contributed by atoms with Gasteiger partial charge in [0.1, 0.15) is 23.0 Å². The number of benzene rings is 1. The SMILES string of the molecule is COc1ccc2c(c1)CC(CNC(=O)C(C)Cl)O2. The van der Waals surface area contributed by atoms with Crippen molar-refractivity contribution in [3.8, 4) is 11.5 Å². The molecule has 1 aromatic rings. The van der Waals surface area contributed by atoms with E-state index in [1.807, 2.05) is 18.2 Å². The number of halogens is 1. The molecule has 5 heteroatoms. The van der Waals surface area contributed by atoms with Gasteiger partial charge >= 0.3 is 0 Å². The highest BCUT2D eigenvalue weighted by Gasteiger charge is 2.24. The zero-order chi connectivity index (χ0) is 13.1. The van der Waals surface area contributed by atoms with Gasteiger partial charge in [-0.2, -0.15) is 0 Å². The summed E-state index contributed by atoms with van der Waals surface area (Å²) in [6.45, 7) is 2.11. The Labute approximate surface area is 111 Å². The van der Waals surface area contributed by atoms with Crippen molar-refractivity contribution in [3.63, 3.8) is 0 Å². The van der Waals surface area contributed by atoms with E-state index in [9.17, 15) is 4.79 Å². The lowest BCUT2D eigenvalue weighted by Crippen LogP contribution is -2.37. The van der Waals surface area contributed by atoms with Crippen LogP contribution in [0.3, 0.4) is 0 Å². The first kappa shape index (κ1) is 13.0. The number of carbonyl (C=O) groups is 1. The van der Waals surface area contributed by atoms with Gasteiger partial charge in [-0.15, -0.1) is 11.6 Å². The minimum atomic E-state index is -0.520. The summed E-state index contributed by atoms with van der Waals surface area (Å²) in [5, 5.41) is 2.24. The molecule has 0 fully saturated rings. The van der Waals surface area contributed by atoms with Crippen LogP contribution in [0.25, 0.3) is 0 Å². The van der Waals surface area contributed by atoms with E-state index in [4.69, 9.17) is 21.1 Å². The second-order valence-electron chi connectivity index (χ2n) is 4.28. The van der Waals surface area contributed by atoms with Crippen molar-refractivity contribution >= 4 is 17.5 Å².